The highest BCUT2D eigenvalue weighted by Gasteiger charge is 2.19. The SMILES string of the molecule is O=C(Nc1nn(Cc2ccc(Cl)c(Cl)c2)cc1Br)c1cnn2c(-c3cccs3)ccnc12. The molecule has 0 atom stereocenters. The minimum Gasteiger partial charge on any atom is -0.304 e. The van der Waals surface area contributed by atoms with Crippen molar-refractivity contribution in [1.82, 2.24) is 24.4 Å². The average molecular weight is 548 g/mol. The molecule has 4 heterocycles. The summed E-state index contributed by atoms with van der Waals surface area (Å²) in [5.74, 6) is 0.0418. The molecule has 0 spiro atoms. The van der Waals surface area contributed by atoms with Crippen molar-refractivity contribution in [3.05, 3.63) is 86.0 Å². The lowest BCUT2D eigenvalue weighted by molar-refractivity contribution is 0.102. The third-order valence-corrected chi connectivity index (χ3v) is 6.91. The minimum absolute atomic E-state index is 0.351. The maximum Gasteiger partial charge on any atom is 0.262 e. The zero-order valence-corrected chi connectivity index (χ0v) is 20.1. The molecule has 32 heavy (non-hydrogen) atoms. The van der Waals surface area contributed by atoms with E-state index in [0.29, 0.717) is 38.1 Å². The van der Waals surface area contributed by atoms with Crippen LogP contribution in [-0.4, -0.2) is 30.3 Å². The van der Waals surface area contributed by atoms with Gasteiger partial charge in [-0.3, -0.25) is 9.48 Å². The lowest BCUT2D eigenvalue weighted by atomic mass is 10.2. The van der Waals surface area contributed by atoms with Gasteiger partial charge in [0.05, 0.1) is 37.8 Å². The van der Waals surface area contributed by atoms with Gasteiger partial charge in [0.1, 0.15) is 5.56 Å². The van der Waals surface area contributed by atoms with Crippen LogP contribution in [0.2, 0.25) is 10.0 Å². The number of thiophene rings is 1. The van der Waals surface area contributed by atoms with E-state index in [0.717, 1.165) is 16.1 Å². The number of carbonyl (C=O) groups excluding carboxylic acids is 1. The highest BCUT2D eigenvalue weighted by molar-refractivity contribution is 9.10. The molecule has 7 nitrogen and oxygen atoms in total. The number of amides is 1. The Balaban J connectivity index is 1.39. The molecule has 0 aliphatic rings. The van der Waals surface area contributed by atoms with Crippen molar-refractivity contribution < 1.29 is 4.79 Å². The lowest BCUT2D eigenvalue weighted by Gasteiger charge is -2.04. The first-order valence-electron chi connectivity index (χ1n) is 9.34. The van der Waals surface area contributed by atoms with Crippen LogP contribution in [0.3, 0.4) is 0 Å². The van der Waals surface area contributed by atoms with Crippen LogP contribution in [-0.2, 0) is 6.54 Å². The lowest BCUT2D eigenvalue weighted by Crippen LogP contribution is -2.13. The predicted molar refractivity (Wildman–Crippen MR) is 130 cm³/mol. The van der Waals surface area contributed by atoms with Gasteiger partial charge in [0.15, 0.2) is 11.5 Å². The summed E-state index contributed by atoms with van der Waals surface area (Å²) in [7, 11) is 0. The molecule has 5 rings (SSSR count). The van der Waals surface area contributed by atoms with Gasteiger partial charge in [-0.25, -0.2) is 9.50 Å². The first-order chi connectivity index (χ1) is 15.5. The van der Waals surface area contributed by atoms with Crippen LogP contribution in [0.1, 0.15) is 15.9 Å². The van der Waals surface area contributed by atoms with Gasteiger partial charge < -0.3 is 5.32 Å². The molecule has 0 saturated carbocycles. The molecular formula is C21H13BrCl2N6OS. The number of carbonyl (C=O) groups is 1. The summed E-state index contributed by atoms with van der Waals surface area (Å²) in [5, 5.41) is 14.6. The zero-order valence-electron chi connectivity index (χ0n) is 16.2. The highest BCUT2D eigenvalue weighted by Crippen LogP contribution is 2.27. The van der Waals surface area contributed by atoms with Crippen molar-refractivity contribution in [2.45, 2.75) is 6.54 Å². The average Bonchev–Trinajstić information content (AvgIpc) is 3.51. The highest BCUT2D eigenvalue weighted by atomic mass is 79.9. The smallest absolute Gasteiger partial charge is 0.262 e. The Morgan fingerprint density at radius 3 is 2.84 bits per heavy atom. The first kappa shape index (κ1) is 21.1. The Morgan fingerprint density at radius 2 is 2.06 bits per heavy atom. The van der Waals surface area contributed by atoms with Crippen molar-refractivity contribution in [2.24, 2.45) is 0 Å². The number of aromatic nitrogens is 5. The van der Waals surface area contributed by atoms with Gasteiger partial charge in [0.25, 0.3) is 5.91 Å². The summed E-state index contributed by atoms with van der Waals surface area (Å²) < 4.78 is 4.01. The number of nitrogens with one attached hydrogen (secondary N) is 1. The molecule has 1 N–H and O–H groups in total. The molecule has 0 aliphatic carbocycles. The third-order valence-electron chi connectivity index (χ3n) is 4.70. The fourth-order valence-corrected chi connectivity index (χ4v) is 4.70. The maximum absolute atomic E-state index is 13.0. The molecule has 160 valence electrons. The first-order valence-corrected chi connectivity index (χ1v) is 11.8. The fourth-order valence-electron chi connectivity index (χ4n) is 3.23. The molecule has 11 heteroatoms. The van der Waals surface area contributed by atoms with Crippen LogP contribution in [0.5, 0.6) is 0 Å². The monoisotopic (exact) mass is 546 g/mol. The molecule has 0 fully saturated rings. The number of benzene rings is 1. The van der Waals surface area contributed by atoms with Crippen molar-refractivity contribution in [1.29, 1.82) is 0 Å². The van der Waals surface area contributed by atoms with Crippen molar-refractivity contribution in [3.63, 3.8) is 0 Å². The molecule has 0 aliphatic heterocycles. The second kappa shape index (κ2) is 8.67. The Morgan fingerprint density at radius 1 is 1.19 bits per heavy atom. The number of rotatable bonds is 5. The van der Waals surface area contributed by atoms with Crippen LogP contribution in [0, 0.1) is 0 Å². The van der Waals surface area contributed by atoms with Gasteiger partial charge in [0, 0.05) is 12.4 Å². The van der Waals surface area contributed by atoms with E-state index in [-0.39, 0.29) is 5.91 Å². The number of halogens is 3. The molecular weight excluding hydrogens is 535 g/mol. The van der Waals surface area contributed by atoms with Crippen molar-refractivity contribution in [3.8, 4) is 10.6 Å². The van der Waals surface area contributed by atoms with Gasteiger partial charge in [-0.15, -0.1) is 11.3 Å². The summed E-state index contributed by atoms with van der Waals surface area (Å²) in [5.41, 5.74) is 2.63. The number of nitrogens with zero attached hydrogens (tertiary/aromatic N) is 5. The molecule has 1 amide bonds. The number of fused-ring (bicyclic) bond motifs is 1. The third kappa shape index (κ3) is 4.04. The molecule has 0 saturated heterocycles. The van der Waals surface area contributed by atoms with Crippen molar-refractivity contribution in [2.75, 3.05) is 5.32 Å². The van der Waals surface area contributed by atoms with E-state index < -0.39 is 0 Å². The Kier molecular flexibility index (Phi) is 5.73. The second-order valence-corrected chi connectivity index (χ2v) is 9.44. The van der Waals surface area contributed by atoms with Crippen LogP contribution < -0.4 is 5.32 Å². The fraction of sp³-hybridized carbons (Fsp3) is 0.0476. The molecule has 0 bridgehead atoms. The van der Waals surface area contributed by atoms with E-state index in [1.54, 1.807) is 45.1 Å². The van der Waals surface area contributed by atoms with E-state index in [2.05, 4.69) is 36.4 Å². The summed E-state index contributed by atoms with van der Waals surface area (Å²) in [6, 6.07) is 11.2. The summed E-state index contributed by atoms with van der Waals surface area (Å²) >= 11 is 17.1. The van der Waals surface area contributed by atoms with Crippen LogP contribution >= 0.6 is 50.5 Å². The van der Waals surface area contributed by atoms with Crippen molar-refractivity contribution >= 4 is 67.8 Å². The Hall–Kier alpha value is -2.72. The normalized spacial score (nSPS) is 11.2. The Labute approximate surface area is 204 Å². The maximum atomic E-state index is 13.0. The van der Waals surface area contributed by atoms with E-state index in [9.17, 15) is 4.79 Å². The topological polar surface area (TPSA) is 77.1 Å². The molecule has 5 aromatic rings. The van der Waals surface area contributed by atoms with E-state index in [1.807, 2.05) is 29.6 Å². The Bertz CT molecular complexity index is 1450. The molecule has 0 radical (unpaired) electrons. The largest absolute Gasteiger partial charge is 0.304 e. The van der Waals surface area contributed by atoms with Gasteiger partial charge in [-0.1, -0.05) is 35.3 Å². The quantitative estimate of drug-likeness (QED) is 0.291. The minimum atomic E-state index is -0.351. The van der Waals surface area contributed by atoms with E-state index in [4.69, 9.17) is 23.2 Å². The van der Waals surface area contributed by atoms with E-state index in [1.165, 1.54) is 6.20 Å². The van der Waals surface area contributed by atoms with Gasteiger partial charge in [0.2, 0.25) is 0 Å². The second-order valence-electron chi connectivity index (χ2n) is 6.83. The van der Waals surface area contributed by atoms with Gasteiger partial charge >= 0.3 is 0 Å². The van der Waals surface area contributed by atoms with Crippen LogP contribution in [0.4, 0.5) is 5.82 Å². The molecule has 0 unspecified atom stereocenters. The van der Waals surface area contributed by atoms with Crippen LogP contribution in [0.15, 0.2) is 64.8 Å². The van der Waals surface area contributed by atoms with Gasteiger partial charge in [-0.2, -0.15) is 10.2 Å². The molecule has 1 aromatic carbocycles. The number of anilines is 1. The summed E-state index contributed by atoms with van der Waals surface area (Å²) in [6.45, 7) is 0.466. The summed E-state index contributed by atoms with van der Waals surface area (Å²) in [6.07, 6.45) is 4.96. The predicted octanol–water partition coefficient (Wildman–Crippen LogP) is 6.02. The zero-order chi connectivity index (χ0) is 22.2. The van der Waals surface area contributed by atoms with Crippen LogP contribution in [0.25, 0.3) is 16.2 Å². The van der Waals surface area contributed by atoms with Gasteiger partial charge in [-0.05, 0) is 51.1 Å². The number of hydrogen-bond acceptors (Lipinski definition) is 5. The number of hydrogen-bond donors (Lipinski definition) is 1. The standard InChI is InChI=1S/C21H13BrCl2N6OS/c22-14-11-29(10-12-3-4-15(23)16(24)8-12)28-19(14)27-21(31)13-9-26-30-17(5-6-25-20(13)30)18-2-1-7-32-18/h1-9,11H,10H2,(H,27,28,31). The summed E-state index contributed by atoms with van der Waals surface area (Å²) in [4.78, 5) is 18.4. The van der Waals surface area contributed by atoms with E-state index >= 15 is 0 Å². The molecule has 4 aromatic heterocycles.